The average molecular weight is 431 g/mol. The first-order valence-corrected chi connectivity index (χ1v) is 12.2. The minimum Gasteiger partial charge on any atom is -0.401 e. The maximum Gasteiger partial charge on any atom is 0.295 e. The smallest absolute Gasteiger partial charge is 0.295 e. The molecular weight excluding hydrogens is 406 g/mol. The molecule has 0 aliphatic rings. The summed E-state index contributed by atoms with van der Waals surface area (Å²) in [5.74, 6) is -3.19. The number of halogens is 2. The van der Waals surface area contributed by atoms with Gasteiger partial charge in [-0.05, 0) is 21.5 Å². The van der Waals surface area contributed by atoms with E-state index in [0.717, 1.165) is 21.7 Å². The Hall–Kier alpha value is -2.15. The zero-order chi connectivity index (χ0) is 21.1. The third kappa shape index (κ3) is 4.24. The minimum atomic E-state index is -3.19. The van der Waals surface area contributed by atoms with Crippen molar-refractivity contribution in [3.8, 4) is 0 Å². The van der Waals surface area contributed by atoms with Crippen LogP contribution in [-0.2, 0) is 10.3 Å². The van der Waals surface area contributed by atoms with E-state index in [2.05, 4.69) is 0 Å². The summed E-state index contributed by atoms with van der Waals surface area (Å²) in [6.45, 7) is 5.40. The van der Waals surface area contributed by atoms with Gasteiger partial charge in [0, 0.05) is 10.9 Å². The van der Waals surface area contributed by atoms with E-state index in [1.807, 2.05) is 81.4 Å². The van der Waals surface area contributed by atoms with Gasteiger partial charge in [0.15, 0.2) is 6.29 Å². The molecule has 0 unspecified atom stereocenters. The Kier molecular flexibility index (Phi) is 6.17. The van der Waals surface area contributed by atoms with Gasteiger partial charge in [-0.15, -0.1) is 11.3 Å². The first-order chi connectivity index (χ1) is 13.7. The molecule has 6 heteroatoms. The van der Waals surface area contributed by atoms with Crippen LogP contribution < -0.4 is 10.4 Å². The lowest BCUT2D eigenvalue weighted by atomic mass is 10.2. The van der Waals surface area contributed by atoms with Crippen molar-refractivity contribution in [2.75, 3.05) is 6.61 Å². The second-order valence-electron chi connectivity index (χ2n) is 8.01. The Morgan fingerprint density at radius 3 is 1.90 bits per heavy atom. The third-order valence-corrected chi connectivity index (χ3v) is 10.9. The number of alkyl halides is 2. The zero-order valence-corrected chi connectivity index (χ0v) is 18.5. The summed E-state index contributed by atoms with van der Waals surface area (Å²) < 4.78 is 36.4. The first kappa shape index (κ1) is 21.6. The van der Waals surface area contributed by atoms with Gasteiger partial charge in [0.1, 0.15) is 6.61 Å². The number of carbonyl (C=O) groups is 1. The lowest BCUT2D eigenvalue weighted by Gasteiger charge is -2.43. The fourth-order valence-corrected chi connectivity index (χ4v) is 8.96. The predicted molar refractivity (Wildman–Crippen MR) is 117 cm³/mol. The fourth-order valence-electron chi connectivity index (χ4n) is 3.65. The van der Waals surface area contributed by atoms with Gasteiger partial charge in [-0.2, -0.15) is 8.78 Å². The van der Waals surface area contributed by atoms with Crippen molar-refractivity contribution >= 4 is 36.3 Å². The highest BCUT2D eigenvalue weighted by Gasteiger charge is 2.52. The molecule has 0 fully saturated rings. The molecule has 29 heavy (non-hydrogen) atoms. The molecule has 1 aromatic heterocycles. The van der Waals surface area contributed by atoms with Gasteiger partial charge in [0.05, 0.1) is 4.88 Å². The molecule has 0 aliphatic carbocycles. The Balaban J connectivity index is 2.07. The molecule has 0 atom stereocenters. The van der Waals surface area contributed by atoms with Crippen LogP contribution in [0.3, 0.4) is 0 Å². The number of thiophene rings is 1. The lowest BCUT2D eigenvalue weighted by molar-refractivity contribution is -0.0494. The van der Waals surface area contributed by atoms with E-state index < -0.39 is 20.8 Å². The molecule has 0 radical (unpaired) electrons. The van der Waals surface area contributed by atoms with E-state index in [4.69, 9.17) is 4.43 Å². The largest absolute Gasteiger partial charge is 0.401 e. The van der Waals surface area contributed by atoms with E-state index in [0.29, 0.717) is 6.29 Å². The topological polar surface area (TPSA) is 26.3 Å². The Labute approximate surface area is 175 Å². The van der Waals surface area contributed by atoms with E-state index in [-0.39, 0.29) is 15.5 Å². The van der Waals surface area contributed by atoms with Gasteiger partial charge in [-0.3, -0.25) is 4.79 Å². The molecule has 1 heterocycles. The van der Waals surface area contributed by atoms with Crippen LogP contribution in [0.1, 0.15) is 36.0 Å². The van der Waals surface area contributed by atoms with Crippen molar-refractivity contribution in [3.63, 3.8) is 0 Å². The van der Waals surface area contributed by atoms with Crippen molar-refractivity contribution in [2.45, 2.75) is 31.7 Å². The van der Waals surface area contributed by atoms with Crippen molar-refractivity contribution in [1.29, 1.82) is 0 Å². The van der Waals surface area contributed by atoms with Crippen LogP contribution in [0.25, 0.3) is 0 Å². The molecule has 3 aromatic rings. The van der Waals surface area contributed by atoms with Crippen LogP contribution >= 0.6 is 11.3 Å². The number of aldehydes is 1. The van der Waals surface area contributed by atoms with E-state index in [9.17, 15) is 4.79 Å². The Bertz CT molecular complexity index is 910. The molecule has 0 aliphatic heterocycles. The van der Waals surface area contributed by atoms with E-state index in [1.54, 1.807) is 0 Å². The molecule has 0 amide bonds. The van der Waals surface area contributed by atoms with E-state index >= 15 is 8.78 Å². The maximum atomic E-state index is 15.0. The molecular formula is C23H24F2O2SSi. The van der Waals surface area contributed by atoms with Gasteiger partial charge in [-0.1, -0.05) is 81.4 Å². The second kappa shape index (κ2) is 8.30. The molecule has 0 saturated heterocycles. The van der Waals surface area contributed by atoms with Crippen molar-refractivity contribution in [3.05, 3.63) is 82.6 Å². The fraction of sp³-hybridized carbons (Fsp3) is 0.261. The Morgan fingerprint density at radius 2 is 1.48 bits per heavy atom. The minimum absolute atomic E-state index is 0.178. The van der Waals surface area contributed by atoms with Crippen molar-refractivity contribution in [2.24, 2.45) is 0 Å². The van der Waals surface area contributed by atoms with Crippen molar-refractivity contribution in [1.82, 2.24) is 0 Å². The first-order valence-electron chi connectivity index (χ1n) is 9.38. The van der Waals surface area contributed by atoms with Crippen molar-refractivity contribution < 1.29 is 18.0 Å². The molecule has 2 nitrogen and oxygen atoms in total. The SMILES string of the molecule is CC(C)(C)[Si](OCC(F)(F)c1csc(C=O)c1)(c1ccccc1)c1ccccc1. The number of rotatable bonds is 7. The summed E-state index contributed by atoms with van der Waals surface area (Å²) >= 11 is 1.02. The third-order valence-electron chi connectivity index (χ3n) is 5.05. The van der Waals surface area contributed by atoms with Crippen LogP contribution in [0.5, 0.6) is 0 Å². The van der Waals surface area contributed by atoms with Crippen LogP contribution in [-0.4, -0.2) is 21.2 Å². The number of hydrogen-bond acceptors (Lipinski definition) is 3. The normalized spacial score (nSPS) is 12.7. The van der Waals surface area contributed by atoms with Crippen LogP contribution in [0.4, 0.5) is 8.78 Å². The standard InChI is InChI=1S/C23H24F2O2SSi/c1-22(2,3)29(20-10-6-4-7-11-20,21-12-8-5-9-13-21)27-17-23(24,25)18-14-19(15-26)28-16-18/h4-16H,17H2,1-3H3. The molecule has 152 valence electrons. The summed E-state index contributed by atoms with van der Waals surface area (Å²) in [4.78, 5) is 11.2. The number of benzene rings is 2. The number of hydrogen-bond donors (Lipinski definition) is 0. The highest BCUT2D eigenvalue weighted by molar-refractivity contribution is 7.11. The molecule has 0 saturated carbocycles. The summed E-state index contributed by atoms with van der Waals surface area (Å²) in [7, 11) is -3.04. The lowest BCUT2D eigenvalue weighted by Crippen LogP contribution is -2.67. The molecule has 0 bridgehead atoms. The monoisotopic (exact) mass is 430 g/mol. The maximum absolute atomic E-state index is 15.0. The quantitative estimate of drug-likeness (QED) is 0.379. The van der Waals surface area contributed by atoms with Gasteiger partial charge < -0.3 is 4.43 Å². The summed E-state index contributed by atoms with van der Waals surface area (Å²) in [5.41, 5.74) is -0.178. The Morgan fingerprint density at radius 1 is 0.966 bits per heavy atom. The molecule has 0 N–H and O–H groups in total. The van der Waals surface area contributed by atoms with Gasteiger partial charge in [0.25, 0.3) is 14.2 Å². The molecule has 0 spiro atoms. The average Bonchev–Trinajstić information content (AvgIpc) is 3.19. The van der Waals surface area contributed by atoms with Gasteiger partial charge in [0.2, 0.25) is 0 Å². The highest BCUT2D eigenvalue weighted by Crippen LogP contribution is 2.39. The van der Waals surface area contributed by atoms with Gasteiger partial charge in [-0.25, -0.2) is 0 Å². The number of carbonyl (C=O) groups excluding carboxylic acids is 1. The van der Waals surface area contributed by atoms with Crippen LogP contribution in [0.15, 0.2) is 72.1 Å². The summed E-state index contributed by atoms with van der Waals surface area (Å²) in [5, 5.41) is 2.86. The summed E-state index contributed by atoms with van der Waals surface area (Å²) in [6, 6.07) is 20.6. The van der Waals surface area contributed by atoms with E-state index in [1.165, 1.54) is 11.4 Å². The predicted octanol–water partition coefficient (Wildman–Crippen LogP) is 5.23. The second-order valence-corrected chi connectivity index (χ2v) is 13.3. The highest BCUT2D eigenvalue weighted by atomic mass is 32.1. The molecule has 2 aromatic carbocycles. The van der Waals surface area contributed by atoms with Crippen LogP contribution in [0.2, 0.25) is 5.04 Å². The van der Waals surface area contributed by atoms with Crippen LogP contribution in [0, 0.1) is 0 Å². The van der Waals surface area contributed by atoms with Gasteiger partial charge >= 0.3 is 0 Å². The molecule has 3 rings (SSSR count). The summed E-state index contributed by atoms with van der Waals surface area (Å²) in [6.07, 6.45) is 0.591. The zero-order valence-electron chi connectivity index (χ0n) is 16.7.